The fourth-order valence-corrected chi connectivity index (χ4v) is 4.63. The highest BCUT2D eigenvalue weighted by atomic mass is 16.5. The Morgan fingerprint density at radius 1 is 0.833 bits per heavy atom. The Labute approximate surface area is 245 Å². The van der Waals surface area contributed by atoms with Crippen LogP contribution < -0.4 is 20.1 Å². The summed E-state index contributed by atoms with van der Waals surface area (Å²) >= 11 is 0. The zero-order chi connectivity index (χ0) is 29.9. The number of aromatic nitrogens is 2. The van der Waals surface area contributed by atoms with Crippen molar-refractivity contribution in [1.29, 1.82) is 0 Å². The fourth-order valence-electron chi connectivity index (χ4n) is 4.63. The second-order valence-corrected chi connectivity index (χ2v) is 10.1. The van der Waals surface area contributed by atoms with Crippen molar-refractivity contribution in [2.24, 2.45) is 0 Å². The predicted molar refractivity (Wildman–Crippen MR) is 158 cm³/mol. The quantitative estimate of drug-likeness (QED) is 0.334. The molecule has 11 heteroatoms. The molecule has 1 aliphatic carbocycles. The molecule has 4 rings (SSSR count). The van der Waals surface area contributed by atoms with Gasteiger partial charge in [-0.25, -0.2) is 9.97 Å². The Morgan fingerprint density at radius 3 is 2.07 bits per heavy atom. The van der Waals surface area contributed by atoms with Crippen molar-refractivity contribution in [1.82, 2.24) is 20.2 Å². The number of anilines is 1. The van der Waals surface area contributed by atoms with Gasteiger partial charge in [-0.15, -0.1) is 0 Å². The molecule has 42 heavy (non-hydrogen) atoms. The van der Waals surface area contributed by atoms with E-state index >= 15 is 0 Å². The Balaban J connectivity index is 1.36. The molecule has 0 saturated heterocycles. The molecule has 1 saturated carbocycles. The van der Waals surface area contributed by atoms with Crippen molar-refractivity contribution in [3.63, 3.8) is 0 Å². The summed E-state index contributed by atoms with van der Waals surface area (Å²) in [6, 6.07) is 16.5. The number of rotatable bonds is 12. The Kier molecular flexibility index (Phi) is 10.8. The van der Waals surface area contributed by atoms with Crippen LogP contribution in [0.3, 0.4) is 0 Å². The molecule has 222 valence electrons. The number of likely N-dealkylation sites (N-methyl/N-ethyl adjacent to an activating group) is 1. The lowest BCUT2D eigenvalue weighted by atomic mass is 9.95. The molecule has 0 bridgehead atoms. The zero-order valence-corrected chi connectivity index (χ0v) is 24.2. The molecule has 3 aromatic rings. The van der Waals surface area contributed by atoms with Gasteiger partial charge in [0.2, 0.25) is 11.8 Å². The van der Waals surface area contributed by atoms with Crippen LogP contribution in [0.4, 0.5) is 5.82 Å². The first-order valence-corrected chi connectivity index (χ1v) is 13.9. The summed E-state index contributed by atoms with van der Waals surface area (Å²) < 4.78 is 15.9. The van der Waals surface area contributed by atoms with Crippen LogP contribution in [0.25, 0.3) is 22.6 Å². The minimum atomic E-state index is -0.486. The maximum absolute atomic E-state index is 12.7. The minimum Gasteiger partial charge on any atom is -0.497 e. The Bertz CT molecular complexity index is 1290. The largest absolute Gasteiger partial charge is 0.497 e. The number of nitrogens with one attached hydrogen (secondary N) is 2. The third-order valence-corrected chi connectivity index (χ3v) is 6.96. The standard InChI is InChI=1S/C31H37N5O6/c1-36(18-28(37)32-23-7-5-4-6-8-23)30(39)20-42-19-29(38)34-27-17-26(21-9-13-24(40-2)14-10-21)33-31(35-27)22-11-15-25(41-3)16-12-22/h9-17,23H,4-8,18-20H2,1-3H3,(H,32,37)(H,33,34,35,38). The van der Waals surface area contributed by atoms with Crippen molar-refractivity contribution < 1.29 is 28.6 Å². The van der Waals surface area contributed by atoms with E-state index in [0.29, 0.717) is 23.0 Å². The lowest BCUT2D eigenvalue weighted by molar-refractivity contribution is -0.139. The van der Waals surface area contributed by atoms with Gasteiger partial charge in [0.05, 0.1) is 26.5 Å². The molecule has 1 heterocycles. The first-order chi connectivity index (χ1) is 20.3. The Morgan fingerprint density at radius 2 is 1.45 bits per heavy atom. The topological polar surface area (TPSA) is 132 Å². The number of methoxy groups -OCH3 is 2. The summed E-state index contributed by atoms with van der Waals surface area (Å²) in [4.78, 5) is 48.0. The van der Waals surface area contributed by atoms with Crippen LogP contribution in [-0.4, -0.2) is 79.7 Å². The van der Waals surface area contributed by atoms with Gasteiger partial charge < -0.3 is 29.7 Å². The average molecular weight is 576 g/mol. The minimum absolute atomic E-state index is 0.0614. The third kappa shape index (κ3) is 8.74. The molecule has 3 amide bonds. The first kappa shape index (κ1) is 30.4. The molecule has 1 aromatic heterocycles. The van der Waals surface area contributed by atoms with Gasteiger partial charge in [-0.3, -0.25) is 14.4 Å². The third-order valence-electron chi connectivity index (χ3n) is 6.96. The normalized spacial score (nSPS) is 13.2. The number of carbonyl (C=O) groups is 3. The number of carbonyl (C=O) groups excluding carboxylic acids is 3. The van der Waals surface area contributed by atoms with Crippen LogP contribution in [0, 0.1) is 0 Å². The van der Waals surface area contributed by atoms with Gasteiger partial charge in [-0.1, -0.05) is 19.3 Å². The van der Waals surface area contributed by atoms with E-state index in [2.05, 4.69) is 15.6 Å². The lowest BCUT2D eigenvalue weighted by Gasteiger charge is -2.24. The van der Waals surface area contributed by atoms with Crippen LogP contribution in [0.2, 0.25) is 0 Å². The molecule has 2 aromatic carbocycles. The summed E-state index contributed by atoms with van der Waals surface area (Å²) in [6.07, 6.45) is 5.35. The van der Waals surface area contributed by atoms with Gasteiger partial charge in [0.15, 0.2) is 5.82 Å². The highest BCUT2D eigenvalue weighted by Gasteiger charge is 2.19. The number of hydrogen-bond acceptors (Lipinski definition) is 8. The fraction of sp³-hybridized carbons (Fsp3) is 0.387. The second kappa shape index (κ2) is 14.9. The molecule has 0 atom stereocenters. The summed E-state index contributed by atoms with van der Waals surface area (Å²) in [6.45, 7) is -0.764. The maximum atomic E-state index is 12.7. The van der Waals surface area contributed by atoms with E-state index < -0.39 is 11.8 Å². The first-order valence-electron chi connectivity index (χ1n) is 13.9. The maximum Gasteiger partial charge on any atom is 0.251 e. The van der Waals surface area contributed by atoms with Crippen molar-refractivity contribution in [2.75, 3.05) is 46.3 Å². The number of amides is 3. The van der Waals surface area contributed by atoms with Crippen molar-refractivity contribution in [3.8, 4) is 34.1 Å². The summed E-state index contributed by atoms with van der Waals surface area (Å²) in [5.74, 6) is 1.01. The van der Waals surface area contributed by atoms with Gasteiger partial charge >= 0.3 is 0 Å². The molecule has 1 fully saturated rings. The Hall–Kier alpha value is -4.51. The van der Waals surface area contributed by atoms with Gasteiger partial charge in [-0.2, -0.15) is 0 Å². The van der Waals surface area contributed by atoms with Crippen molar-refractivity contribution in [3.05, 3.63) is 54.6 Å². The van der Waals surface area contributed by atoms with Gasteiger partial charge in [0, 0.05) is 30.3 Å². The van der Waals surface area contributed by atoms with E-state index in [9.17, 15) is 14.4 Å². The highest BCUT2D eigenvalue weighted by Crippen LogP contribution is 2.27. The van der Waals surface area contributed by atoms with E-state index in [-0.39, 0.29) is 37.5 Å². The number of hydrogen-bond donors (Lipinski definition) is 2. The molecule has 0 radical (unpaired) electrons. The summed E-state index contributed by atoms with van der Waals surface area (Å²) in [7, 11) is 4.72. The number of nitrogens with zero attached hydrogens (tertiary/aromatic N) is 3. The van der Waals surface area contributed by atoms with E-state index in [1.54, 1.807) is 32.4 Å². The smallest absolute Gasteiger partial charge is 0.251 e. The monoisotopic (exact) mass is 575 g/mol. The summed E-state index contributed by atoms with van der Waals surface area (Å²) in [5.41, 5.74) is 2.14. The lowest BCUT2D eigenvalue weighted by Crippen LogP contribution is -2.44. The van der Waals surface area contributed by atoms with Crippen LogP contribution >= 0.6 is 0 Å². The SMILES string of the molecule is COc1ccc(-c2cc(NC(=O)COCC(=O)N(C)CC(=O)NC3CCCCC3)nc(-c3ccc(OC)cc3)n2)cc1. The zero-order valence-electron chi connectivity index (χ0n) is 24.2. The molecular formula is C31H37N5O6. The second-order valence-electron chi connectivity index (χ2n) is 10.1. The van der Waals surface area contributed by atoms with Crippen LogP contribution in [0.5, 0.6) is 11.5 Å². The molecule has 0 unspecified atom stereocenters. The van der Waals surface area contributed by atoms with Crippen molar-refractivity contribution >= 4 is 23.5 Å². The predicted octanol–water partition coefficient (Wildman–Crippen LogP) is 3.69. The molecular weight excluding hydrogens is 538 g/mol. The van der Waals surface area contributed by atoms with Gasteiger partial charge in [0.25, 0.3) is 5.91 Å². The van der Waals surface area contributed by atoms with Gasteiger partial charge in [0.1, 0.15) is 30.5 Å². The van der Waals surface area contributed by atoms with E-state index in [1.165, 1.54) is 18.4 Å². The molecule has 2 N–H and O–H groups in total. The molecule has 11 nitrogen and oxygen atoms in total. The van der Waals surface area contributed by atoms with E-state index in [0.717, 1.165) is 36.8 Å². The van der Waals surface area contributed by atoms with Crippen LogP contribution in [0.1, 0.15) is 32.1 Å². The highest BCUT2D eigenvalue weighted by molar-refractivity contribution is 5.92. The number of ether oxygens (including phenoxy) is 3. The molecule has 0 aliphatic heterocycles. The number of benzene rings is 2. The molecule has 0 spiro atoms. The van der Waals surface area contributed by atoms with Crippen LogP contribution in [-0.2, 0) is 19.1 Å². The van der Waals surface area contributed by atoms with Gasteiger partial charge in [-0.05, 0) is 61.4 Å². The van der Waals surface area contributed by atoms with E-state index in [4.69, 9.17) is 19.2 Å². The summed E-state index contributed by atoms with van der Waals surface area (Å²) in [5, 5.41) is 5.72. The molecule has 1 aliphatic rings. The average Bonchev–Trinajstić information content (AvgIpc) is 3.01. The van der Waals surface area contributed by atoms with Crippen LogP contribution in [0.15, 0.2) is 54.6 Å². The van der Waals surface area contributed by atoms with E-state index in [1.807, 2.05) is 36.4 Å². The van der Waals surface area contributed by atoms with Crippen molar-refractivity contribution in [2.45, 2.75) is 38.1 Å².